The summed E-state index contributed by atoms with van der Waals surface area (Å²) < 4.78 is 2.18. The minimum atomic E-state index is 0.0358. The number of hydrogen-bond acceptors (Lipinski definition) is 2. The number of anilines is 1. The number of hydrogen-bond donors (Lipinski definition) is 1. The first-order valence-corrected chi connectivity index (χ1v) is 9.60. The highest BCUT2D eigenvalue weighted by molar-refractivity contribution is 6.30. The molecule has 0 spiro atoms. The van der Waals surface area contributed by atoms with Gasteiger partial charge in [0, 0.05) is 22.5 Å². The van der Waals surface area contributed by atoms with Crippen molar-refractivity contribution in [2.45, 2.75) is 6.04 Å². The monoisotopic (exact) mass is 383 g/mol. The summed E-state index contributed by atoms with van der Waals surface area (Å²) in [5.41, 5.74) is 5.40. The largest absolute Gasteiger partial charge is 0.325 e. The van der Waals surface area contributed by atoms with Gasteiger partial charge >= 0.3 is 0 Å². The van der Waals surface area contributed by atoms with Crippen molar-refractivity contribution in [3.05, 3.63) is 113 Å². The van der Waals surface area contributed by atoms with E-state index >= 15 is 0 Å². The van der Waals surface area contributed by atoms with E-state index in [-0.39, 0.29) is 6.04 Å². The maximum atomic E-state index is 6.11. The predicted molar refractivity (Wildman–Crippen MR) is 115 cm³/mol. The molecule has 2 heterocycles. The molecule has 4 aromatic rings. The van der Waals surface area contributed by atoms with Crippen molar-refractivity contribution in [1.82, 2.24) is 9.55 Å². The van der Waals surface area contributed by atoms with Crippen LogP contribution in [0.2, 0.25) is 5.02 Å². The van der Waals surface area contributed by atoms with Gasteiger partial charge in [0.1, 0.15) is 0 Å². The fourth-order valence-corrected chi connectivity index (χ4v) is 3.68. The van der Waals surface area contributed by atoms with Crippen LogP contribution in [0.25, 0.3) is 17.0 Å². The summed E-state index contributed by atoms with van der Waals surface area (Å²) in [5.74, 6) is 0.833. The van der Waals surface area contributed by atoms with Gasteiger partial charge in [-0.25, -0.2) is 4.98 Å². The van der Waals surface area contributed by atoms with Crippen molar-refractivity contribution in [2.24, 2.45) is 0 Å². The number of fused-ring (bicyclic) bond motifs is 1. The van der Waals surface area contributed by atoms with Crippen molar-refractivity contribution in [2.75, 3.05) is 5.32 Å². The Balaban J connectivity index is 1.63. The number of rotatable bonds is 3. The lowest BCUT2D eigenvalue weighted by Gasteiger charge is -2.26. The Morgan fingerprint density at radius 3 is 2.11 bits per heavy atom. The van der Waals surface area contributed by atoms with Crippen LogP contribution in [0.3, 0.4) is 0 Å². The molecule has 0 saturated carbocycles. The molecule has 136 valence electrons. The van der Waals surface area contributed by atoms with Crippen LogP contribution in [0.1, 0.15) is 17.2 Å². The van der Waals surface area contributed by atoms with E-state index in [0.29, 0.717) is 0 Å². The van der Waals surface area contributed by atoms with Crippen molar-refractivity contribution in [3.8, 4) is 11.3 Å². The van der Waals surface area contributed by atoms with E-state index < -0.39 is 0 Å². The lowest BCUT2D eigenvalue weighted by atomic mass is 10.0. The molecule has 3 aromatic carbocycles. The molecular formula is C24H18ClN3. The molecule has 0 bridgehead atoms. The normalized spacial score (nSPS) is 15.5. The third-order valence-corrected chi connectivity index (χ3v) is 5.22. The number of allylic oxidation sites excluding steroid dienone is 1. The Bertz CT molecular complexity index is 1130. The minimum absolute atomic E-state index is 0.0358. The summed E-state index contributed by atoms with van der Waals surface area (Å²) in [6.45, 7) is 0. The Morgan fingerprint density at radius 1 is 0.786 bits per heavy atom. The zero-order valence-electron chi connectivity index (χ0n) is 15.1. The second-order valence-corrected chi connectivity index (χ2v) is 7.23. The zero-order valence-corrected chi connectivity index (χ0v) is 15.8. The number of nitrogens with zero attached hydrogens (tertiary/aromatic N) is 2. The van der Waals surface area contributed by atoms with Crippen LogP contribution in [0.4, 0.5) is 5.95 Å². The van der Waals surface area contributed by atoms with Crippen LogP contribution in [0.5, 0.6) is 0 Å². The van der Waals surface area contributed by atoms with Crippen molar-refractivity contribution in [1.29, 1.82) is 0 Å². The van der Waals surface area contributed by atoms with E-state index in [1.165, 1.54) is 0 Å². The molecule has 1 aromatic heterocycles. The summed E-state index contributed by atoms with van der Waals surface area (Å²) >= 11 is 6.11. The molecule has 1 atom stereocenters. The van der Waals surface area contributed by atoms with Crippen LogP contribution in [0.15, 0.2) is 97.2 Å². The van der Waals surface area contributed by atoms with Gasteiger partial charge in [0.15, 0.2) is 0 Å². The van der Waals surface area contributed by atoms with Crippen molar-refractivity contribution in [3.63, 3.8) is 0 Å². The molecule has 3 nitrogen and oxygen atoms in total. The van der Waals surface area contributed by atoms with E-state index in [0.717, 1.165) is 39.1 Å². The highest BCUT2D eigenvalue weighted by Crippen LogP contribution is 2.35. The third kappa shape index (κ3) is 3.10. The standard InChI is InChI=1S/C24H18ClN3/c25-20-13-11-19(12-14-20)23-15-21(17-7-3-1-4-8-17)26-24-27-22(16-28(23)24)18-9-5-2-6-10-18/h1-16,23H,(H,26,27)/t23-/m0/s1. The fourth-order valence-electron chi connectivity index (χ4n) is 3.55. The number of aromatic nitrogens is 2. The Morgan fingerprint density at radius 2 is 1.43 bits per heavy atom. The number of benzene rings is 3. The molecule has 1 aliphatic rings. The second-order valence-electron chi connectivity index (χ2n) is 6.79. The predicted octanol–water partition coefficient (Wildman–Crippen LogP) is 6.26. The smallest absolute Gasteiger partial charge is 0.208 e. The van der Waals surface area contributed by atoms with E-state index in [1.54, 1.807) is 0 Å². The summed E-state index contributed by atoms with van der Waals surface area (Å²) in [5, 5.41) is 4.24. The van der Waals surface area contributed by atoms with Crippen LogP contribution in [0, 0.1) is 0 Å². The van der Waals surface area contributed by atoms with Crippen molar-refractivity contribution >= 4 is 23.2 Å². The van der Waals surface area contributed by atoms with E-state index in [1.807, 2.05) is 48.5 Å². The highest BCUT2D eigenvalue weighted by atomic mass is 35.5. The maximum absolute atomic E-state index is 6.11. The lowest BCUT2D eigenvalue weighted by Crippen LogP contribution is -2.18. The molecule has 5 rings (SSSR count). The Kier molecular flexibility index (Phi) is 4.22. The molecule has 0 radical (unpaired) electrons. The van der Waals surface area contributed by atoms with Gasteiger partial charge in [-0.3, -0.25) is 0 Å². The molecule has 28 heavy (non-hydrogen) atoms. The van der Waals surface area contributed by atoms with Gasteiger partial charge in [-0.05, 0) is 29.3 Å². The first-order chi connectivity index (χ1) is 13.8. The molecule has 0 amide bonds. The second kappa shape index (κ2) is 7.02. The number of nitrogens with one attached hydrogen (secondary N) is 1. The van der Waals surface area contributed by atoms with E-state index in [9.17, 15) is 0 Å². The maximum Gasteiger partial charge on any atom is 0.208 e. The Labute approximate surface area is 168 Å². The van der Waals surface area contributed by atoms with Gasteiger partial charge in [-0.1, -0.05) is 84.4 Å². The molecule has 1 aliphatic heterocycles. The van der Waals surface area contributed by atoms with Gasteiger partial charge in [0.2, 0.25) is 5.95 Å². The average Bonchev–Trinajstić information content (AvgIpc) is 3.19. The molecule has 0 saturated heterocycles. The number of halogens is 1. The van der Waals surface area contributed by atoms with Gasteiger partial charge in [-0.2, -0.15) is 0 Å². The van der Waals surface area contributed by atoms with Crippen molar-refractivity contribution < 1.29 is 0 Å². The molecule has 4 heteroatoms. The zero-order chi connectivity index (χ0) is 18.9. The summed E-state index contributed by atoms with van der Waals surface area (Å²) in [6.07, 6.45) is 4.34. The summed E-state index contributed by atoms with van der Waals surface area (Å²) in [4.78, 5) is 4.88. The third-order valence-electron chi connectivity index (χ3n) is 4.97. The van der Waals surface area contributed by atoms with Gasteiger partial charge in [0.05, 0.1) is 11.7 Å². The molecule has 1 N–H and O–H groups in total. The first kappa shape index (κ1) is 16.8. The van der Waals surface area contributed by atoms with Crippen LogP contribution < -0.4 is 5.32 Å². The van der Waals surface area contributed by atoms with Crippen LogP contribution in [-0.2, 0) is 0 Å². The summed E-state index contributed by atoms with van der Waals surface area (Å²) in [6, 6.07) is 28.6. The minimum Gasteiger partial charge on any atom is -0.325 e. The quantitative estimate of drug-likeness (QED) is 0.452. The fraction of sp³-hybridized carbons (Fsp3) is 0.0417. The SMILES string of the molecule is Clc1ccc([C@@H]2C=C(c3ccccc3)Nc3nc(-c4ccccc4)cn32)cc1. The topological polar surface area (TPSA) is 29.9 Å². The van der Waals surface area contributed by atoms with Gasteiger partial charge in [-0.15, -0.1) is 0 Å². The van der Waals surface area contributed by atoms with E-state index in [2.05, 4.69) is 58.6 Å². The molecule has 0 fully saturated rings. The molecular weight excluding hydrogens is 366 g/mol. The average molecular weight is 384 g/mol. The van der Waals surface area contributed by atoms with Gasteiger partial charge < -0.3 is 9.88 Å². The van der Waals surface area contributed by atoms with Gasteiger partial charge in [0.25, 0.3) is 0 Å². The first-order valence-electron chi connectivity index (χ1n) is 9.22. The van der Waals surface area contributed by atoms with Crippen LogP contribution in [-0.4, -0.2) is 9.55 Å². The molecule has 0 unspecified atom stereocenters. The van der Waals surface area contributed by atoms with Crippen LogP contribution >= 0.6 is 11.6 Å². The van der Waals surface area contributed by atoms with E-state index in [4.69, 9.17) is 16.6 Å². The summed E-state index contributed by atoms with van der Waals surface area (Å²) in [7, 11) is 0. The molecule has 0 aliphatic carbocycles. The Hall–Kier alpha value is -3.30. The number of imidazole rings is 1. The highest BCUT2D eigenvalue weighted by Gasteiger charge is 2.24. The lowest BCUT2D eigenvalue weighted by molar-refractivity contribution is 0.699.